The third-order valence-corrected chi connectivity index (χ3v) is 3.48. The zero-order chi connectivity index (χ0) is 14.5. The van der Waals surface area contributed by atoms with Crippen molar-refractivity contribution >= 4 is 27.5 Å². The van der Waals surface area contributed by atoms with E-state index in [-0.39, 0.29) is 11.7 Å². The summed E-state index contributed by atoms with van der Waals surface area (Å²) in [5.41, 5.74) is 2.23. The average Bonchev–Trinajstić information content (AvgIpc) is 2.48. The van der Waals surface area contributed by atoms with E-state index in [1.807, 2.05) is 12.1 Å². The summed E-state index contributed by atoms with van der Waals surface area (Å²) in [5.74, 6) is -0.424. The molecule has 0 spiro atoms. The summed E-state index contributed by atoms with van der Waals surface area (Å²) in [6.45, 7) is 0.487. The van der Waals surface area contributed by atoms with Crippen LogP contribution in [0.2, 0.25) is 0 Å². The third kappa shape index (κ3) is 3.57. The number of benzene rings is 2. The maximum atomic E-state index is 13.4. The number of amides is 1. The molecule has 0 fully saturated rings. The van der Waals surface area contributed by atoms with Crippen LogP contribution in [0, 0.1) is 5.82 Å². The summed E-state index contributed by atoms with van der Waals surface area (Å²) in [6, 6.07) is 12.1. The maximum absolute atomic E-state index is 13.4. The molecule has 20 heavy (non-hydrogen) atoms. The van der Waals surface area contributed by atoms with Crippen LogP contribution in [0.5, 0.6) is 0 Å². The van der Waals surface area contributed by atoms with Gasteiger partial charge >= 0.3 is 0 Å². The largest absolute Gasteiger partial charge is 0.381 e. The minimum absolute atomic E-state index is 0.136. The predicted octanol–water partition coefficient (Wildman–Crippen LogP) is 3.56. The van der Waals surface area contributed by atoms with Gasteiger partial charge in [-0.3, -0.25) is 4.79 Å². The van der Waals surface area contributed by atoms with E-state index < -0.39 is 0 Å². The van der Waals surface area contributed by atoms with Gasteiger partial charge in [-0.05, 0) is 51.8 Å². The van der Waals surface area contributed by atoms with Crippen molar-refractivity contribution in [1.82, 2.24) is 5.32 Å². The van der Waals surface area contributed by atoms with Crippen molar-refractivity contribution in [2.24, 2.45) is 0 Å². The number of halogens is 2. The molecule has 5 heteroatoms. The van der Waals surface area contributed by atoms with Crippen molar-refractivity contribution in [2.75, 3.05) is 12.4 Å². The molecule has 0 atom stereocenters. The molecule has 1 amide bonds. The van der Waals surface area contributed by atoms with Gasteiger partial charge in [-0.2, -0.15) is 0 Å². The molecule has 0 heterocycles. The van der Waals surface area contributed by atoms with Gasteiger partial charge in [0.15, 0.2) is 0 Å². The van der Waals surface area contributed by atoms with Gasteiger partial charge in [0.05, 0.1) is 4.47 Å². The second kappa shape index (κ2) is 6.52. The fourth-order valence-corrected chi connectivity index (χ4v) is 2.02. The molecule has 0 saturated carbocycles. The van der Waals surface area contributed by atoms with E-state index in [1.165, 1.54) is 6.07 Å². The smallest absolute Gasteiger partial charge is 0.251 e. The quantitative estimate of drug-likeness (QED) is 0.896. The van der Waals surface area contributed by atoms with Crippen LogP contribution < -0.4 is 10.6 Å². The normalized spacial score (nSPS) is 10.2. The van der Waals surface area contributed by atoms with Crippen LogP contribution in [0.4, 0.5) is 10.1 Å². The molecule has 0 aliphatic carbocycles. The highest BCUT2D eigenvalue weighted by atomic mass is 79.9. The Hall–Kier alpha value is -1.88. The van der Waals surface area contributed by atoms with Crippen molar-refractivity contribution in [2.45, 2.75) is 6.54 Å². The zero-order valence-electron chi connectivity index (χ0n) is 10.9. The Labute approximate surface area is 125 Å². The van der Waals surface area contributed by atoms with Gasteiger partial charge in [0.1, 0.15) is 5.82 Å². The molecule has 0 aromatic heterocycles. The van der Waals surface area contributed by atoms with Crippen molar-refractivity contribution < 1.29 is 9.18 Å². The minimum Gasteiger partial charge on any atom is -0.381 e. The molecule has 0 bridgehead atoms. The van der Waals surface area contributed by atoms with E-state index in [0.717, 1.165) is 11.3 Å². The second-order valence-electron chi connectivity index (χ2n) is 4.26. The van der Waals surface area contributed by atoms with E-state index in [1.54, 1.807) is 31.3 Å². The number of hydrogen-bond donors (Lipinski definition) is 2. The van der Waals surface area contributed by atoms with Crippen LogP contribution in [0.15, 0.2) is 46.9 Å². The van der Waals surface area contributed by atoms with Gasteiger partial charge in [0, 0.05) is 24.8 Å². The lowest BCUT2D eigenvalue weighted by molar-refractivity contribution is 0.0963. The topological polar surface area (TPSA) is 41.1 Å². The van der Waals surface area contributed by atoms with Gasteiger partial charge in [0.2, 0.25) is 0 Å². The zero-order valence-corrected chi connectivity index (χ0v) is 12.5. The Morgan fingerprint density at radius 3 is 2.75 bits per heavy atom. The Morgan fingerprint density at radius 1 is 1.25 bits per heavy atom. The number of hydrogen-bond acceptors (Lipinski definition) is 2. The molecule has 2 N–H and O–H groups in total. The van der Waals surface area contributed by atoms with Gasteiger partial charge in [0.25, 0.3) is 5.91 Å². The van der Waals surface area contributed by atoms with E-state index in [0.29, 0.717) is 16.6 Å². The van der Waals surface area contributed by atoms with Crippen LogP contribution in [0.1, 0.15) is 15.9 Å². The van der Waals surface area contributed by atoms with Gasteiger partial charge in [-0.1, -0.05) is 12.1 Å². The van der Waals surface area contributed by atoms with Crippen LogP contribution in [0.25, 0.3) is 0 Å². The Morgan fingerprint density at radius 2 is 2.05 bits per heavy atom. The fraction of sp³-hybridized carbons (Fsp3) is 0.133. The Balaban J connectivity index is 2.07. The van der Waals surface area contributed by atoms with Crippen molar-refractivity contribution in [3.8, 4) is 0 Å². The SMILES string of the molecule is CNC(=O)c1cccc(NCc2ccc(Br)c(F)c2)c1. The lowest BCUT2D eigenvalue weighted by Crippen LogP contribution is -2.17. The molecule has 0 radical (unpaired) electrons. The first-order chi connectivity index (χ1) is 9.60. The Kier molecular flexibility index (Phi) is 4.74. The number of rotatable bonds is 4. The standard InChI is InChI=1S/C15H14BrFN2O/c1-18-15(20)11-3-2-4-12(8-11)19-9-10-5-6-13(16)14(17)7-10/h2-8,19H,9H2,1H3,(H,18,20). The summed E-state index contributed by atoms with van der Waals surface area (Å²) in [4.78, 5) is 11.5. The highest BCUT2D eigenvalue weighted by Crippen LogP contribution is 2.18. The number of anilines is 1. The molecule has 0 unspecified atom stereocenters. The van der Waals surface area contributed by atoms with E-state index in [4.69, 9.17) is 0 Å². The summed E-state index contributed by atoms with van der Waals surface area (Å²) in [7, 11) is 1.59. The molecule has 0 aliphatic heterocycles. The molecule has 2 aromatic carbocycles. The minimum atomic E-state index is -0.289. The summed E-state index contributed by atoms with van der Waals surface area (Å²) in [5, 5.41) is 5.74. The first-order valence-electron chi connectivity index (χ1n) is 6.10. The lowest BCUT2D eigenvalue weighted by Gasteiger charge is -2.08. The van der Waals surface area contributed by atoms with E-state index in [9.17, 15) is 9.18 Å². The molecule has 2 rings (SSSR count). The monoisotopic (exact) mass is 336 g/mol. The van der Waals surface area contributed by atoms with Gasteiger partial charge < -0.3 is 10.6 Å². The van der Waals surface area contributed by atoms with E-state index in [2.05, 4.69) is 26.6 Å². The summed E-state index contributed by atoms with van der Waals surface area (Å²) < 4.78 is 13.8. The van der Waals surface area contributed by atoms with E-state index >= 15 is 0 Å². The highest BCUT2D eigenvalue weighted by molar-refractivity contribution is 9.10. The molecule has 104 valence electrons. The van der Waals surface area contributed by atoms with Crippen LogP contribution in [0.3, 0.4) is 0 Å². The number of carbonyl (C=O) groups is 1. The Bertz CT molecular complexity index is 631. The number of carbonyl (C=O) groups excluding carboxylic acids is 1. The lowest BCUT2D eigenvalue weighted by atomic mass is 10.1. The highest BCUT2D eigenvalue weighted by Gasteiger charge is 2.04. The summed E-state index contributed by atoms with van der Waals surface area (Å²) >= 11 is 3.12. The first-order valence-corrected chi connectivity index (χ1v) is 6.89. The van der Waals surface area contributed by atoms with Crippen molar-refractivity contribution in [3.05, 3.63) is 63.9 Å². The van der Waals surface area contributed by atoms with Crippen LogP contribution in [-0.2, 0) is 6.54 Å². The molecular weight excluding hydrogens is 323 g/mol. The molecule has 3 nitrogen and oxygen atoms in total. The van der Waals surface area contributed by atoms with Gasteiger partial charge in [-0.15, -0.1) is 0 Å². The molecule has 2 aromatic rings. The van der Waals surface area contributed by atoms with Crippen LogP contribution >= 0.6 is 15.9 Å². The third-order valence-electron chi connectivity index (χ3n) is 2.83. The average molecular weight is 337 g/mol. The summed E-state index contributed by atoms with van der Waals surface area (Å²) in [6.07, 6.45) is 0. The van der Waals surface area contributed by atoms with Crippen molar-refractivity contribution in [3.63, 3.8) is 0 Å². The maximum Gasteiger partial charge on any atom is 0.251 e. The molecular formula is C15H14BrFN2O. The van der Waals surface area contributed by atoms with Crippen molar-refractivity contribution in [1.29, 1.82) is 0 Å². The fourth-order valence-electron chi connectivity index (χ4n) is 1.77. The molecule has 0 aliphatic rings. The van der Waals surface area contributed by atoms with Crippen LogP contribution in [-0.4, -0.2) is 13.0 Å². The second-order valence-corrected chi connectivity index (χ2v) is 5.12. The number of nitrogens with one attached hydrogen (secondary N) is 2. The molecule has 0 saturated heterocycles. The predicted molar refractivity (Wildman–Crippen MR) is 81.3 cm³/mol. The van der Waals surface area contributed by atoms with Gasteiger partial charge in [-0.25, -0.2) is 4.39 Å². The first kappa shape index (κ1) is 14.5.